The Bertz CT molecular complexity index is 893. The van der Waals surface area contributed by atoms with Crippen LogP contribution in [0.15, 0.2) is 29.0 Å². The number of carbonyl (C=O) groups is 3. The number of nitriles is 1. The molecule has 1 aliphatic heterocycles. The summed E-state index contributed by atoms with van der Waals surface area (Å²) in [5, 5.41) is 15.6. The van der Waals surface area contributed by atoms with Crippen LogP contribution in [0.4, 0.5) is 5.00 Å². The lowest BCUT2D eigenvalue weighted by molar-refractivity contribution is -0.158. The van der Waals surface area contributed by atoms with Crippen LogP contribution < -0.4 is 5.32 Å². The molecule has 2 aromatic rings. The molecule has 0 aliphatic carbocycles. The van der Waals surface area contributed by atoms with E-state index in [1.807, 2.05) is 17.5 Å². The number of hydrogen-bond acceptors (Lipinski definition) is 7. The van der Waals surface area contributed by atoms with Crippen molar-refractivity contribution in [2.75, 3.05) is 18.4 Å². The molecule has 1 N–H and O–H groups in total. The second-order valence-electron chi connectivity index (χ2n) is 6.39. The van der Waals surface area contributed by atoms with Crippen molar-refractivity contribution in [3.63, 3.8) is 0 Å². The fraction of sp³-hybridized carbons (Fsp3) is 0.368. The van der Waals surface area contributed by atoms with Gasteiger partial charge in [0.1, 0.15) is 11.1 Å². The summed E-state index contributed by atoms with van der Waals surface area (Å²) in [5.41, 5.74) is 0.375. The number of nitrogens with one attached hydrogen (secondary N) is 1. The van der Waals surface area contributed by atoms with Gasteiger partial charge in [-0.05, 0) is 42.7 Å². The van der Waals surface area contributed by atoms with E-state index < -0.39 is 18.0 Å². The van der Waals surface area contributed by atoms with Crippen LogP contribution in [-0.4, -0.2) is 41.9 Å². The first-order valence-corrected chi connectivity index (χ1v) is 10.6. The van der Waals surface area contributed by atoms with E-state index in [2.05, 4.69) is 5.32 Å². The van der Waals surface area contributed by atoms with E-state index in [-0.39, 0.29) is 11.8 Å². The van der Waals surface area contributed by atoms with Gasteiger partial charge in [-0.2, -0.15) is 5.26 Å². The molecule has 7 nitrogen and oxygen atoms in total. The zero-order valence-electron chi connectivity index (χ0n) is 15.2. The van der Waals surface area contributed by atoms with Crippen molar-refractivity contribution in [1.82, 2.24) is 4.90 Å². The largest absolute Gasteiger partial charge is 0.452 e. The third-order valence-electron chi connectivity index (χ3n) is 4.53. The number of piperidine rings is 1. The van der Waals surface area contributed by atoms with Crippen LogP contribution in [0.3, 0.4) is 0 Å². The molecule has 1 saturated heterocycles. The maximum Gasteiger partial charge on any atom is 0.309 e. The molecule has 2 aromatic heterocycles. The highest BCUT2D eigenvalue weighted by molar-refractivity contribution is 7.14. The molecule has 0 bridgehead atoms. The summed E-state index contributed by atoms with van der Waals surface area (Å²) < 4.78 is 5.31. The van der Waals surface area contributed by atoms with E-state index in [0.29, 0.717) is 41.4 Å². The van der Waals surface area contributed by atoms with Crippen molar-refractivity contribution in [2.45, 2.75) is 25.9 Å². The van der Waals surface area contributed by atoms with Crippen LogP contribution in [0.2, 0.25) is 0 Å². The Morgan fingerprint density at radius 3 is 2.64 bits per heavy atom. The zero-order chi connectivity index (χ0) is 20.1. The number of rotatable bonds is 5. The maximum atomic E-state index is 12.4. The fourth-order valence-corrected chi connectivity index (χ4v) is 4.34. The standard InChI is InChI=1S/C19H19N3O4S2/c1-12(16(23)21-17-14(11-20)6-10-28-17)26-19(25)13-4-7-22(8-5-13)18(24)15-3-2-9-27-15/h2-3,6,9-10,12-13H,4-5,7-8H2,1H3,(H,21,23)/t12-/m1/s1. The lowest BCUT2D eigenvalue weighted by atomic mass is 9.97. The van der Waals surface area contributed by atoms with E-state index in [1.165, 1.54) is 29.6 Å². The lowest BCUT2D eigenvalue weighted by Gasteiger charge is -2.31. The number of thiophene rings is 2. The molecular weight excluding hydrogens is 398 g/mol. The Kier molecular flexibility index (Phi) is 6.44. The Hall–Kier alpha value is -2.70. The van der Waals surface area contributed by atoms with Gasteiger partial charge in [-0.1, -0.05) is 6.07 Å². The van der Waals surface area contributed by atoms with Crippen molar-refractivity contribution in [1.29, 1.82) is 5.26 Å². The minimum atomic E-state index is -0.966. The summed E-state index contributed by atoms with van der Waals surface area (Å²) in [6.45, 7) is 2.47. The Balaban J connectivity index is 1.48. The van der Waals surface area contributed by atoms with E-state index in [1.54, 1.807) is 22.4 Å². The smallest absolute Gasteiger partial charge is 0.309 e. The summed E-state index contributed by atoms with van der Waals surface area (Å²) in [4.78, 5) is 39.4. The SMILES string of the molecule is C[C@@H](OC(=O)C1CCN(C(=O)c2cccs2)CC1)C(=O)Nc1sccc1C#N. The molecule has 0 aromatic carbocycles. The molecule has 0 spiro atoms. The average molecular weight is 418 g/mol. The van der Waals surface area contributed by atoms with Crippen LogP contribution in [0.5, 0.6) is 0 Å². The minimum absolute atomic E-state index is 0.0150. The number of ether oxygens (including phenoxy) is 1. The molecule has 28 heavy (non-hydrogen) atoms. The highest BCUT2D eigenvalue weighted by Crippen LogP contribution is 2.24. The Morgan fingerprint density at radius 2 is 2.00 bits per heavy atom. The number of likely N-dealkylation sites (tertiary alicyclic amines) is 1. The highest BCUT2D eigenvalue weighted by atomic mass is 32.1. The van der Waals surface area contributed by atoms with Gasteiger partial charge in [-0.3, -0.25) is 14.4 Å². The topological polar surface area (TPSA) is 99.5 Å². The fourth-order valence-electron chi connectivity index (χ4n) is 2.91. The van der Waals surface area contributed by atoms with Gasteiger partial charge in [0.2, 0.25) is 0 Å². The van der Waals surface area contributed by atoms with E-state index >= 15 is 0 Å². The summed E-state index contributed by atoms with van der Waals surface area (Å²) in [7, 11) is 0. The number of hydrogen-bond donors (Lipinski definition) is 1. The van der Waals surface area contributed by atoms with Crippen molar-refractivity contribution in [3.05, 3.63) is 39.4 Å². The highest BCUT2D eigenvalue weighted by Gasteiger charge is 2.31. The number of esters is 1. The van der Waals surface area contributed by atoms with Crippen LogP contribution in [0, 0.1) is 17.2 Å². The van der Waals surface area contributed by atoms with E-state index in [0.717, 1.165) is 0 Å². The van der Waals surface area contributed by atoms with E-state index in [9.17, 15) is 14.4 Å². The van der Waals surface area contributed by atoms with Crippen molar-refractivity contribution in [2.24, 2.45) is 5.92 Å². The monoisotopic (exact) mass is 417 g/mol. The second-order valence-corrected chi connectivity index (χ2v) is 8.25. The summed E-state index contributed by atoms with van der Waals surface area (Å²) in [6.07, 6.45) is 0.0496. The lowest BCUT2D eigenvalue weighted by Crippen LogP contribution is -2.41. The summed E-state index contributed by atoms with van der Waals surface area (Å²) >= 11 is 2.64. The number of carbonyl (C=O) groups excluding carboxylic acids is 3. The van der Waals surface area contributed by atoms with Crippen molar-refractivity contribution < 1.29 is 19.1 Å². The minimum Gasteiger partial charge on any atom is -0.452 e. The second kappa shape index (κ2) is 8.99. The molecule has 1 fully saturated rings. The van der Waals surface area contributed by atoms with Gasteiger partial charge in [0.15, 0.2) is 6.10 Å². The van der Waals surface area contributed by atoms with Crippen LogP contribution >= 0.6 is 22.7 Å². The van der Waals surface area contributed by atoms with Gasteiger partial charge in [-0.15, -0.1) is 22.7 Å². The van der Waals surface area contributed by atoms with Gasteiger partial charge in [0.25, 0.3) is 11.8 Å². The first-order chi connectivity index (χ1) is 13.5. The number of anilines is 1. The molecule has 0 radical (unpaired) electrons. The first-order valence-electron chi connectivity index (χ1n) is 8.81. The van der Waals surface area contributed by atoms with Gasteiger partial charge in [-0.25, -0.2) is 0 Å². The van der Waals surface area contributed by atoms with Crippen molar-refractivity contribution in [3.8, 4) is 6.07 Å². The van der Waals surface area contributed by atoms with Gasteiger partial charge in [0.05, 0.1) is 16.4 Å². The molecule has 146 valence electrons. The molecule has 3 rings (SSSR count). The maximum absolute atomic E-state index is 12.4. The van der Waals surface area contributed by atoms with Gasteiger partial charge in [0, 0.05) is 13.1 Å². The first kappa shape index (κ1) is 20.0. The molecule has 0 unspecified atom stereocenters. The predicted octanol–water partition coefficient (Wildman–Crippen LogP) is 3.10. The van der Waals surface area contributed by atoms with E-state index in [4.69, 9.17) is 10.00 Å². The molecule has 2 amide bonds. The van der Waals surface area contributed by atoms with Gasteiger partial charge < -0.3 is 15.0 Å². The third kappa shape index (κ3) is 4.58. The molecule has 3 heterocycles. The normalized spacial score (nSPS) is 15.5. The predicted molar refractivity (Wildman–Crippen MR) is 106 cm³/mol. The van der Waals surface area contributed by atoms with Crippen LogP contribution in [0.25, 0.3) is 0 Å². The third-order valence-corrected chi connectivity index (χ3v) is 6.22. The number of amides is 2. The quantitative estimate of drug-likeness (QED) is 0.754. The Morgan fingerprint density at radius 1 is 1.25 bits per heavy atom. The van der Waals surface area contributed by atoms with Crippen LogP contribution in [0.1, 0.15) is 35.0 Å². The molecule has 0 saturated carbocycles. The molecule has 9 heteroatoms. The summed E-state index contributed by atoms with van der Waals surface area (Å²) in [5.74, 6) is -1.26. The zero-order valence-corrected chi connectivity index (χ0v) is 16.8. The van der Waals surface area contributed by atoms with Gasteiger partial charge >= 0.3 is 5.97 Å². The average Bonchev–Trinajstić information content (AvgIpc) is 3.39. The number of nitrogens with zero attached hydrogens (tertiary/aromatic N) is 2. The summed E-state index contributed by atoms with van der Waals surface area (Å²) in [6, 6.07) is 7.23. The molecule has 1 atom stereocenters. The van der Waals surface area contributed by atoms with Crippen LogP contribution in [-0.2, 0) is 14.3 Å². The van der Waals surface area contributed by atoms with Crippen molar-refractivity contribution >= 4 is 45.5 Å². The molecular formula is C19H19N3O4S2. The molecule has 1 aliphatic rings. The Labute approximate surface area is 170 Å².